The molecule has 7 heteroatoms. The van der Waals surface area contributed by atoms with E-state index < -0.39 is 0 Å². The Hall–Kier alpha value is -3.22. The number of hydrogen-bond acceptors (Lipinski definition) is 6. The Morgan fingerprint density at radius 3 is 2.69 bits per heavy atom. The number of amides is 1. The second kappa shape index (κ2) is 6.59. The van der Waals surface area contributed by atoms with Crippen LogP contribution in [0.2, 0.25) is 0 Å². The van der Waals surface area contributed by atoms with Gasteiger partial charge in [0.2, 0.25) is 11.8 Å². The van der Waals surface area contributed by atoms with Crippen LogP contribution in [0, 0.1) is 6.92 Å². The van der Waals surface area contributed by atoms with Crippen molar-refractivity contribution in [3.05, 3.63) is 54.0 Å². The third-order valence-electron chi connectivity index (χ3n) is 4.47. The van der Waals surface area contributed by atoms with Crippen molar-refractivity contribution in [3.63, 3.8) is 0 Å². The van der Waals surface area contributed by atoms with E-state index in [0.29, 0.717) is 36.1 Å². The molecule has 1 aliphatic rings. The Bertz CT molecular complexity index is 919. The number of hydrogen-bond donors (Lipinski definition) is 0. The summed E-state index contributed by atoms with van der Waals surface area (Å²) in [7, 11) is 1.56. The molecule has 0 bridgehead atoms. The zero-order chi connectivity index (χ0) is 18.1. The lowest BCUT2D eigenvalue weighted by Crippen LogP contribution is -2.24. The van der Waals surface area contributed by atoms with Gasteiger partial charge >= 0.3 is 0 Å². The Labute approximate surface area is 150 Å². The molecule has 0 unspecified atom stereocenters. The first kappa shape index (κ1) is 16.3. The SMILES string of the molecule is COc1ccc(-c2nc([C@@H]3CC(=O)N(c4ccc(C)cc4)C3)no2)cn1. The largest absolute Gasteiger partial charge is 0.481 e. The molecule has 1 aliphatic heterocycles. The number of benzene rings is 1. The highest BCUT2D eigenvalue weighted by Gasteiger charge is 2.34. The van der Waals surface area contributed by atoms with Gasteiger partial charge in [-0.1, -0.05) is 22.9 Å². The molecule has 3 aromatic rings. The van der Waals surface area contributed by atoms with Crippen LogP contribution in [0.5, 0.6) is 5.88 Å². The van der Waals surface area contributed by atoms with Crippen molar-refractivity contribution < 1.29 is 14.1 Å². The standard InChI is InChI=1S/C19H18N4O3/c1-12-3-6-15(7-4-12)23-11-14(9-17(23)24)18-21-19(26-22-18)13-5-8-16(25-2)20-10-13/h3-8,10,14H,9,11H2,1-2H3/t14-/m1/s1. The molecule has 1 fully saturated rings. The van der Waals surface area contributed by atoms with E-state index in [1.54, 1.807) is 24.3 Å². The van der Waals surface area contributed by atoms with Crippen LogP contribution in [0.1, 0.15) is 23.7 Å². The smallest absolute Gasteiger partial charge is 0.259 e. The van der Waals surface area contributed by atoms with Gasteiger partial charge in [-0.15, -0.1) is 0 Å². The molecule has 3 heterocycles. The number of aryl methyl sites for hydroxylation is 1. The molecule has 132 valence electrons. The maximum absolute atomic E-state index is 12.4. The van der Waals surface area contributed by atoms with Gasteiger partial charge in [-0.05, 0) is 25.1 Å². The number of nitrogens with zero attached hydrogens (tertiary/aromatic N) is 4. The number of aromatic nitrogens is 3. The fraction of sp³-hybridized carbons (Fsp3) is 0.263. The minimum atomic E-state index is -0.0903. The molecular weight excluding hydrogens is 332 g/mol. The van der Waals surface area contributed by atoms with E-state index in [0.717, 1.165) is 11.3 Å². The van der Waals surface area contributed by atoms with Crippen LogP contribution in [0.15, 0.2) is 47.1 Å². The van der Waals surface area contributed by atoms with Crippen LogP contribution >= 0.6 is 0 Å². The Morgan fingerprint density at radius 1 is 1.19 bits per heavy atom. The summed E-state index contributed by atoms with van der Waals surface area (Å²) in [6, 6.07) is 11.5. The maximum Gasteiger partial charge on any atom is 0.259 e. The molecule has 1 saturated heterocycles. The molecule has 0 spiro atoms. The molecule has 1 aromatic carbocycles. The van der Waals surface area contributed by atoms with Crippen molar-refractivity contribution >= 4 is 11.6 Å². The van der Waals surface area contributed by atoms with Gasteiger partial charge < -0.3 is 14.2 Å². The fourth-order valence-electron chi connectivity index (χ4n) is 3.00. The van der Waals surface area contributed by atoms with Crippen LogP contribution in [0.25, 0.3) is 11.5 Å². The van der Waals surface area contributed by atoms with Gasteiger partial charge in [0.15, 0.2) is 5.82 Å². The number of rotatable bonds is 4. The van der Waals surface area contributed by atoms with Crippen LogP contribution in [-0.4, -0.2) is 34.7 Å². The van der Waals surface area contributed by atoms with Crippen molar-refractivity contribution in [3.8, 4) is 17.3 Å². The van der Waals surface area contributed by atoms with Crippen molar-refractivity contribution in [1.82, 2.24) is 15.1 Å². The number of methoxy groups -OCH3 is 1. The number of pyridine rings is 1. The summed E-state index contributed by atoms with van der Waals surface area (Å²) in [5, 5.41) is 4.07. The highest BCUT2D eigenvalue weighted by molar-refractivity contribution is 5.96. The van der Waals surface area contributed by atoms with E-state index in [1.807, 2.05) is 37.3 Å². The zero-order valence-corrected chi connectivity index (χ0v) is 14.5. The van der Waals surface area contributed by atoms with Crippen LogP contribution < -0.4 is 9.64 Å². The van der Waals surface area contributed by atoms with Gasteiger partial charge in [0.05, 0.1) is 12.7 Å². The van der Waals surface area contributed by atoms with E-state index in [1.165, 1.54) is 0 Å². The van der Waals surface area contributed by atoms with Crippen molar-refractivity contribution in [2.24, 2.45) is 0 Å². The second-order valence-electron chi connectivity index (χ2n) is 6.29. The van der Waals surface area contributed by atoms with E-state index >= 15 is 0 Å². The highest BCUT2D eigenvalue weighted by Crippen LogP contribution is 2.31. The molecule has 0 saturated carbocycles. The van der Waals surface area contributed by atoms with Crippen LogP contribution in [0.4, 0.5) is 5.69 Å². The minimum absolute atomic E-state index is 0.0660. The summed E-state index contributed by atoms with van der Waals surface area (Å²) >= 11 is 0. The Morgan fingerprint density at radius 2 is 2.00 bits per heavy atom. The first-order valence-corrected chi connectivity index (χ1v) is 8.35. The molecule has 1 atom stereocenters. The normalized spacial score (nSPS) is 16.9. The number of anilines is 1. The molecule has 0 N–H and O–H groups in total. The molecule has 0 radical (unpaired) electrons. The first-order chi connectivity index (χ1) is 12.6. The third kappa shape index (κ3) is 3.03. The molecule has 4 rings (SSSR count). The lowest BCUT2D eigenvalue weighted by atomic mass is 10.1. The van der Waals surface area contributed by atoms with Crippen LogP contribution in [0.3, 0.4) is 0 Å². The predicted molar refractivity (Wildman–Crippen MR) is 95.0 cm³/mol. The summed E-state index contributed by atoms with van der Waals surface area (Å²) in [6.07, 6.45) is 1.99. The average Bonchev–Trinajstić information content (AvgIpc) is 3.29. The topological polar surface area (TPSA) is 81.4 Å². The van der Waals surface area contributed by atoms with Gasteiger partial charge in [0.25, 0.3) is 5.89 Å². The second-order valence-corrected chi connectivity index (χ2v) is 6.29. The van der Waals surface area contributed by atoms with Crippen molar-refractivity contribution in [1.29, 1.82) is 0 Å². The summed E-state index contributed by atoms with van der Waals surface area (Å²) in [4.78, 5) is 22.8. The first-order valence-electron chi connectivity index (χ1n) is 8.35. The average molecular weight is 350 g/mol. The Kier molecular flexibility index (Phi) is 4.12. The highest BCUT2D eigenvalue weighted by atomic mass is 16.5. The quantitative estimate of drug-likeness (QED) is 0.719. The Balaban J connectivity index is 1.52. The zero-order valence-electron chi connectivity index (χ0n) is 14.5. The summed E-state index contributed by atoms with van der Waals surface area (Å²) in [5.74, 6) is 1.42. The van der Waals surface area contributed by atoms with Gasteiger partial charge in [-0.2, -0.15) is 4.98 Å². The number of carbonyl (C=O) groups is 1. The lowest BCUT2D eigenvalue weighted by Gasteiger charge is -2.16. The minimum Gasteiger partial charge on any atom is -0.481 e. The maximum atomic E-state index is 12.4. The molecule has 0 aliphatic carbocycles. The molecule has 2 aromatic heterocycles. The van der Waals surface area contributed by atoms with E-state index in [9.17, 15) is 4.79 Å². The van der Waals surface area contributed by atoms with Crippen molar-refractivity contribution in [2.45, 2.75) is 19.3 Å². The van der Waals surface area contributed by atoms with Gasteiger partial charge in [0, 0.05) is 36.8 Å². The van der Waals surface area contributed by atoms with E-state index in [4.69, 9.17) is 9.26 Å². The fourth-order valence-corrected chi connectivity index (χ4v) is 3.00. The molecule has 26 heavy (non-hydrogen) atoms. The number of carbonyl (C=O) groups excluding carboxylic acids is 1. The molecule has 1 amide bonds. The monoisotopic (exact) mass is 350 g/mol. The van der Waals surface area contributed by atoms with Gasteiger partial charge in [-0.25, -0.2) is 4.98 Å². The van der Waals surface area contributed by atoms with E-state index in [-0.39, 0.29) is 11.8 Å². The predicted octanol–water partition coefficient (Wildman–Crippen LogP) is 2.97. The van der Waals surface area contributed by atoms with Crippen LogP contribution in [-0.2, 0) is 4.79 Å². The number of ether oxygens (including phenoxy) is 1. The van der Waals surface area contributed by atoms with Crippen molar-refractivity contribution in [2.75, 3.05) is 18.6 Å². The summed E-state index contributed by atoms with van der Waals surface area (Å²) in [6.45, 7) is 2.56. The lowest BCUT2D eigenvalue weighted by molar-refractivity contribution is -0.117. The van der Waals surface area contributed by atoms with Gasteiger partial charge in [-0.3, -0.25) is 4.79 Å². The molecular formula is C19H18N4O3. The van der Waals surface area contributed by atoms with E-state index in [2.05, 4.69) is 15.1 Å². The van der Waals surface area contributed by atoms with Gasteiger partial charge in [0.1, 0.15) is 0 Å². The third-order valence-corrected chi connectivity index (χ3v) is 4.47. The molecule has 7 nitrogen and oxygen atoms in total. The summed E-state index contributed by atoms with van der Waals surface area (Å²) < 4.78 is 10.4. The summed E-state index contributed by atoms with van der Waals surface area (Å²) in [5.41, 5.74) is 2.77.